The molecule has 1 heterocycles. The van der Waals surface area contributed by atoms with Crippen LogP contribution in [-0.4, -0.2) is 28.9 Å². The number of ether oxygens (including phenoxy) is 1. The third-order valence-electron chi connectivity index (χ3n) is 3.95. The molecule has 1 aliphatic heterocycles. The van der Waals surface area contributed by atoms with E-state index in [1.807, 2.05) is 58.0 Å². The van der Waals surface area contributed by atoms with Gasteiger partial charge in [-0.25, -0.2) is 0 Å². The number of rotatable bonds is 4. The van der Waals surface area contributed by atoms with Crippen molar-refractivity contribution in [1.82, 2.24) is 10.4 Å². The van der Waals surface area contributed by atoms with Crippen molar-refractivity contribution < 1.29 is 9.94 Å². The van der Waals surface area contributed by atoms with E-state index < -0.39 is 0 Å². The molecule has 1 saturated heterocycles. The van der Waals surface area contributed by atoms with Crippen molar-refractivity contribution in [2.75, 3.05) is 6.73 Å². The first-order valence-corrected chi connectivity index (χ1v) is 7.20. The molecule has 2 rings (SSSR count). The average molecular weight is 277 g/mol. The summed E-state index contributed by atoms with van der Waals surface area (Å²) in [5.74, 6) is 0.861. The van der Waals surface area contributed by atoms with Gasteiger partial charge in [-0.15, -0.1) is 10.3 Å². The maximum Gasteiger partial charge on any atom is 0.139 e. The summed E-state index contributed by atoms with van der Waals surface area (Å²) >= 11 is 0. The highest BCUT2D eigenvalue weighted by Crippen LogP contribution is 2.36. The van der Waals surface area contributed by atoms with Crippen molar-refractivity contribution >= 4 is 0 Å². The second-order valence-electron chi connectivity index (χ2n) is 6.83. The largest absolute Gasteiger partial charge is 0.478 e. The molecule has 111 valence electrons. The number of hydrogen-bond acceptors (Lipinski definition) is 3. The third-order valence-corrected chi connectivity index (χ3v) is 3.95. The van der Waals surface area contributed by atoms with Crippen molar-refractivity contribution in [3.8, 4) is 5.75 Å². The van der Waals surface area contributed by atoms with Crippen LogP contribution in [0.1, 0.15) is 40.5 Å². The summed E-state index contributed by atoms with van der Waals surface area (Å²) in [7, 11) is 0. The van der Waals surface area contributed by atoms with Crippen LogP contribution in [0.4, 0.5) is 0 Å². The van der Waals surface area contributed by atoms with E-state index in [1.54, 1.807) is 0 Å². The summed E-state index contributed by atoms with van der Waals surface area (Å²) in [5.41, 5.74) is -0.682. The molecule has 0 spiro atoms. The van der Waals surface area contributed by atoms with Gasteiger partial charge in [-0.05, 0) is 52.7 Å². The van der Waals surface area contributed by atoms with E-state index in [0.717, 1.165) is 18.6 Å². The third kappa shape index (κ3) is 3.51. The first-order valence-electron chi connectivity index (χ1n) is 7.20. The molecule has 0 saturated carbocycles. The number of piperidine rings is 1. The minimum atomic E-state index is -0.341. The van der Waals surface area contributed by atoms with Crippen LogP contribution in [0.5, 0.6) is 5.75 Å². The van der Waals surface area contributed by atoms with E-state index in [4.69, 9.17) is 4.74 Å². The smallest absolute Gasteiger partial charge is 0.139 e. The topological polar surface area (TPSA) is 44.4 Å². The highest BCUT2D eigenvalue weighted by Gasteiger charge is 2.45. The maximum atomic E-state index is 12.3. The first kappa shape index (κ1) is 15.3. The Bertz CT molecular complexity index is 413. The summed E-state index contributed by atoms with van der Waals surface area (Å²) in [6.07, 6.45) is 1.66. The van der Waals surface area contributed by atoms with Gasteiger partial charge in [-0.3, -0.25) is 5.32 Å². The molecule has 1 N–H and O–H groups in total. The molecule has 0 unspecified atom stereocenters. The van der Waals surface area contributed by atoms with Crippen LogP contribution < -0.4 is 10.1 Å². The molecule has 1 radical (unpaired) electrons. The average Bonchev–Trinajstić information content (AvgIpc) is 2.36. The monoisotopic (exact) mass is 277 g/mol. The molecule has 0 bridgehead atoms. The second kappa shape index (κ2) is 5.72. The molecule has 1 aromatic carbocycles. The Kier molecular flexibility index (Phi) is 4.37. The highest BCUT2D eigenvalue weighted by atomic mass is 16.5. The Balaban J connectivity index is 1.87. The van der Waals surface area contributed by atoms with Crippen LogP contribution in [0.2, 0.25) is 0 Å². The van der Waals surface area contributed by atoms with E-state index in [0.29, 0.717) is 12.8 Å². The lowest BCUT2D eigenvalue weighted by atomic mass is 9.79. The molecule has 0 atom stereocenters. The van der Waals surface area contributed by atoms with E-state index in [1.165, 1.54) is 5.06 Å². The molecular formula is C16H25N2O2. The molecule has 1 aliphatic rings. The molecule has 0 aliphatic carbocycles. The van der Waals surface area contributed by atoms with E-state index in [-0.39, 0.29) is 11.1 Å². The summed E-state index contributed by atoms with van der Waals surface area (Å²) in [4.78, 5) is 0. The van der Waals surface area contributed by atoms with Crippen molar-refractivity contribution in [2.45, 2.75) is 57.7 Å². The maximum absolute atomic E-state index is 12.3. The lowest BCUT2D eigenvalue weighted by Crippen LogP contribution is -2.62. The molecule has 0 amide bonds. The summed E-state index contributed by atoms with van der Waals surface area (Å²) < 4.78 is 5.67. The summed E-state index contributed by atoms with van der Waals surface area (Å²) in [5, 5.41) is 16.9. The fourth-order valence-corrected chi connectivity index (χ4v) is 3.17. The molecule has 1 fully saturated rings. The van der Waals surface area contributed by atoms with Gasteiger partial charge >= 0.3 is 0 Å². The van der Waals surface area contributed by atoms with Crippen LogP contribution >= 0.6 is 0 Å². The van der Waals surface area contributed by atoms with Gasteiger partial charge in [0.2, 0.25) is 0 Å². The fourth-order valence-electron chi connectivity index (χ4n) is 3.17. The van der Waals surface area contributed by atoms with Crippen molar-refractivity contribution in [1.29, 1.82) is 0 Å². The Morgan fingerprint density at radius 3 is 2.25 bits per heavy atom. The van der Waals surface area contributed by atoms with Gasteiger partial charge in [0.15, 0.2) is 0 Å². The Morgan fingerprint density at radius 2 is 1.70 bits per heavy atom. The Morgan fingerprint density at radius 1 is 1.15 bits per heavy atom. The van der Waals surface area contributed by atoms with E-state index >= 15 is 0 Å². The number of nitrogens with one attached hydrogen (secondary N) is 1. The zero-order chi connectivity index (χ0) is 14.8. The van der Waals surface area contributed by atoms with Gasteiger partial charge in [0.1, 0.15) is 12.5 Å². The standard InChI is InChI=1S/C16H25N2O2/c1-15(2)10-13(11-16(3,4)18(15)19)17-12-20-14-8-6-5-7-9-14/h5-9,13,17H,10-12H2,1-4H3. The molecular weight excluding hydrogens is 252 g/mol. The lowest BCUT2D eigenvalue weighted by Gasteiger charge is -2.50. The lowest BCUT2D eigenvalue weighted by molar-refractivity contribution is -0.290. The normalized spacial score (nSPS) is 22.6. The SMILES string of the molecule is CC1(C)CC(NCOc2ccccc2)CC(C)(C)N1[O]. The quantitative estimate of drug-likeness (QED) is 0.861. The number of para-hydroxylation sites is 1. The predicted octanol–water partition coefficient (Wildman–Crippen LogP) is 2.98. The van der Waals surface area contributed by atoms with Gasteiger partial charge in [-0.2, -0.15) is 0 Å². The summed E-state index contributed by atoms with van der Waals surface area (Å²) in [6.45, 7) is 8.50. The zero-order valence-electron chi connectivity index (χ0n) is 12.8. The van der Waals surface area contributed by atoms with Gasteiger partial charge in [0.05, 0.1) is 0 Å². The Labute approximate surface area is 121 Å². The van der Waals surface area contributed by atoms with Crippen molar-refractivity contribution in [2.24, 2.45) is 0 Å². The van der Waals surface area contributed by atoms with Gasteiger partial charge in [0.25, 0.3) is 0 Å². The number of hydrogen-bond donors (Lipinski definition) is 1. The second-order valence-corrected chi connectivity index (χ2v) is 6.83. The molecule has 0 aromatic heterocycles. The predicted molar refractivity (Wildman–Crippen MR) is 78.8 cm³/mol. The zero-order valence-corrected chi connectivity index (χ0v) is 12.8. The Hall–Kier alpha value is -1.10. The molecule has 1 aromatic rings. The van der Waals surface area contributed by atoms with Crippen LogP contribution in [0, 0.1) is 0 Å². The van der Waals surface area contributed by atoms with Crippen molar-refractivity contribution in [3.05, 3.63) is 30.3 Å². The number of benzene rings is 1. The molecule has 20 heavy (non-hydrogen) atoms. The fraction of sp³-hybridized carbons (Fsp3) is 0.625. The van der Waals surface area contributed by atoms with E-state index in [2.05, 4.69) is 5.32 Å². The number of hydroxylamine groups is 2. The van der Waals surface area contributed by atoms with Gasteiger partial charge in [0, 0.05) is 17.1 Å². The van der Waals surface area contributed by atoms with Gasteiger partial charge < -0.3 is 4.74 Å². The minimum Gasteiger partial charge on any atom is -0.478 e. The van der Waals surface area contributed by atoms with Crippen LogP contribution in [-0.2, 0) is 5.21 Å². The van der Waals surface area contributed by atoms with E-state index in [9.17, 15) is 5.21 Å². The van der Waals surface area contributed by atoms with Crippen molar-refractivity contribution in [3.63, 3.8) is 0 Å². The molecule has 4 heteroatoms. The highest BCUT2D eigenvalue weighted by molar-refractivity contribution is 5.20. The summed E-state index contributed by atoms with van der Waals surface area (Å²) in [6, 6.07) is 10.1. The van der Waals surface area contributed by atoms with Crippen LogP contribution in [0.3, 0.4) is 0 Å². The van der Waals surface area contributed by atoms with Crippen LogP contribution in [0.25, 0.3) is 0 Å². The molecule has 4 nitrogen and oxygen atoms in total. The first-order chi connectivity index (χ1) is 9.31. The minimum absolute atomic E-state index is 0.300. The van der Waals surface area contributed by atoms with Crippen LogP contribution in [0.15, 0.2) is 30.3 Å². The number of nitrogens with zero attached hydrogens (tertiary/aromatic N) is 1. The van der Waals surface area contributed by atoms with Gasteiger partial charge in [-0.1, -0.05) is 18.2 Å².